The third-order valence-electron chi connectivity index (χ3n) is 3.95. The maximum Gasteiger partial charge on any atom is 0.416 e. The summed E-state index contributed by atoms with van der Waals surface area (Å²) in [6.07, 6.45) is -3.40. The highest BCUT2D eigenvalue weighted by Gasteiger charge is 2.31. The number of benzene rings is 1. The molecule has 1 aromatic rings. The second-order valence-electron chi connectivity index (χ2n) is 5.23. The molecule has 0 amide bonds. The van der Waals surface area contributed by atoms with Crippen LogP contribution in [0.25, 0.3) is 0 Å². The molecule has 0 aliphatic heterocycles. The normalized spacial score (nSPS) is 13.7. The van der Waals surface area contributed by atoms with Crippen molar-refractivity contribution in [2.45, 2.75) is 39.4 Å². The van der Waals surface area contributed by atoms with Gasteiger partial charge in [0.1, 0.15) is 0 Å². The third-order valence-corrected chi connectivity index (χ3v) is 3.95. The standard InChI is InChI=1S/C16H25F3N2/c1-5-21(6-2)10-9-15(20-4)14-8-7-13(11-12(14)3)16(17,18)19/h7-8,11,15,20H,5-6,9-10H2,1-4H3. The number of rotatable bonds is 7. The van der Waals surface area contributed by atoms with Crippen LogP contribution in [0.1, 0.15) is 43.0 Å². The van der Waals surface area contributed by atoms with Gasteiger partial charge < -0.3 is 10.2 Å². The largest absolute Gasteiger partial charge is 0.416 e. The van der Waals surface area contributed by atoms with E-state index in [4.69, 9.17) is 0 Å². The van der Waals surface area contributed by atoms with Gasteiger partial charge in [-0.05, 0) is 63.3 Å². The number of aryl methyl sites for hydroxylation is 1. The molecule has 0 aromatic heterocycles. The van der Waals surface area contributed by atoms with Gasteiger partial charge in [0.05, 0.1) is 5.56 Å². The van der Waals surface area contributed by atoms with Crippen molar-refractivity contribution in [2.24, 2.45) is 0 Å². The van der Waals surface area contributed by atoms with Crippen LogP contribution in [0.15, 0.2) is 18.2 Å². The maximum atomic E-state index is 12.7. The number of hydrogen-bond donors (Lipinski definition) is 1. The van der Waals surface area contributed by atoms with Crippen LogP contribution in [-0.2, 0) is 6.18 Å². The van der Waals surface area contributed by atoms with Crippen molar-refractivity contribution >= 4 is 0 Å². The van der Waals surface area contributed by atoms with E-state index >= 15 is 0 Å². The first-order valence-corrected chi connectivity index (χ1v) is 7.40. The molecular formula is C16H25F3N2. The Morgan fingerprint density at radius 1 is 1.19 bits per heavy atom. The SMILES string of the molecule is CCN(CC)CCC(NC)c1ccc(C(F)(F)F)cc1C. The van der Waals surface area contributed by atoms with E-state index in [1.54, 1.807) is 13.0 Å². The Labute approximate surface area is 125 Å². The number of halogens is 3. The van der Waals surface area contributed by atoms with Gasteiger partial charge in [-0.15, -0.1) is 0 Å². The predicted octanol–water partition coefficient (Wildman–Crippen LogP) is 4.01. The zero-order valence-corrected chi connectivity index (χ0v) is 13.2. The van der Waals surface area contributed by atoms with Crippen LogP contribution in [0.4, 0.5) is 13.2 Å². The van der Waals surface area contributed by atoms with Gasteiger partial charge in [0.15, 0.2) is 0 Å². The number of nitrogens with zero attached hydrogens (tertiary/aromatic N) is 1. The third kappa shape index (κ3) is 5.00. The van der Waals surface area contributed by atoms with Crippen molar-refractivity contribution in [1.82, 2.24) is 10.2 Å². The van der Waals surface area contributed by atoms with Crippen LogP contribution in [0.3, 0.4) is 0 Å². The Kier molecular flexibility index (Phi) is 6.68. The summed E-state index contributed by atoms with van der Waals surface area (Å²) in [5.74, 6) is 0. The summed E-state index contributed by atoms with van der Waals surface area (Å²) < 4.78 is 38.1. The molecule has 0 spiro atoms. The lowest BCUT2D eigenvalue weighted by atomic mass is 9.96. The highest BCUT2D eigenvalue weighted by atomic mass is 19.4. The lowest BCUT2D eigenvalue weighted by Crippen LogP contribution is -2.28. The molecule has 5 heteroatoms. The predicted molar refractivity (Wildman–Crippen MR) is 80.4 cm³/mol. The fourth-order valence-electron chi connectivity index (χ4n) is 2.55. The highest BCUT2D eigenvalue weighted by molar-refractivity contribution is 5.34. The molecule has 0 heterocycles. The highest BCUT2D eigenvalue weighted by Crippen LogP contribution is 2.32. The van der Waals surface area contributed by atoms with E-state index in [2.05, 4.69) is 24.1 Å². The summed E-state index contributed by atoms with van der Waals surface area (Å²) in [6, 6.07) is 4.08. The van der Waals surface area contributed by atoms with Crippen LogP contribution in [0, 0.1) is 6.92 Å². The lowest BCUT2D eigenvalue weighted by Gasteiger charge is -2.24. The Morgan fingerprint density at radius 2 is 1.81 bits per heavy atom. The Balaban J connectivity index is 2.86. The Bertz CT molecular complexity index is 440. The zero-order chi connectivity index (χ0) is 16.0. The first kappa shape index (κ1) is 18.0. The smallest absolute Gasteiger partial charge is 0.313 e. The average molecular weight is 302 g/mol. The molecule has 120 valence electrons. The van der Waals surface area contributed by atoms with Crippen molar-refractivity contribution in [3.63, 3.8) is 0 Å². The van der Waals surface area contributed by atoms with Crippen LogP contribution >= 0.6 is 0 Å². The van der Waals surface area contributed by atoms with Gasteiger partial charge in [0.25, 0.3) is 0 Å². The van der Waals surface area contributed by atoms with Gasteiger partial charge in [-0.25, -0.2) is 0 Å². The quantitative estimate of drug-likeness (QED) is 0.819. The summed E-state index contributed by atoms with van der Waals surface area (Å²) in [5.41, 5.74) is 1.05. The average Bonchev–Trinajstić information content (AvgIpc) is 2.43. The van der Waals surface area contributed by atoms with E-state index in [-0.39, 0.29) is 6.04 Å². The van der Waals surface area contributed by atoms with Gasteiger partial charge in [-0.2, -0.15) is 13.2 Å². The van der Waals surface area contributed by atoms with Crippen LogP contribution in [0.2, 0.25) is 0 Å². The molecule has 2 nitrogen and oxygen atoms in total. The fourth-order valence-corrected chi connectivity index (χ4v) is 2.55. The van der Waals surface area contributed by atoms with E-state index in [0.717, 1.165) is 31.6 Å². The van der Waals surface area contributed by atoms with E-state index in [0.29, 0.717) is 5.56 Å². The molecule has 0 aliphatic rings. The van der Waals surface area contributed by atoms with Crippen molar-refractivity contribution in [3.8, 4) is 0 Å². The monoisotopic (exact) mass is 302 g/mol. The van der Waals surface area contributed by atoms with Crippen molar-refractivity contribution < 1.29 is 13.2 Å². The maximum absolute atomic E-state index is 12.7. The molecule has 1 N–H and O–H groups in total. The molecule has 0 fully saturated rings. The van der Waals surface area contributed by atoms with Crippen LogP contribution < -0.4 is 5.32 Å². The first-order valence-electron chi connectivity index (χ1n) is 7.40. The van der Waals surface area contributed by atoms with E-state index in [1.165, 1.54) is 12.1 Å². The van der Waals surface area contributed by atoms with Crippen molar-refractivity contribution in [1.29, 1.82) is 0 Å². The summed E-state index contributed by atoms with van der Waals surface area (Å²) in [4.78, 5) is 2.31. The van der Waals surface area contributed by atoms with Crippen LogP contribution in [-0.4, -0.2) is 31.6 Å². The molecule has 0 bridgehead atoms. The molecule has 0 saturated heterocycles. The Hall–Kier alpha value is -1.07. The molecule has 0 aliphatic carbocycles. The van der Waals surface area contributed by atoms with Crippen molar-refractivity contribution in [2.75, 3.05) is 26.7 Å². The topological polar surface area (TPSA) is 15.3 Å². The van der Waals surface area contributed by atoms with E-state index in [1.807, 2.05) is 7.05 Å². The minimum absolute atomic E-state index is 0.0767. The number of alkyl halides is 3. The summed E-state index contributed by atoms with van der Waals surface area (Å²) in [6.45, 7) is 8.87. The minimum atomic E-state index is -4.28. The second-order valence-corrected chi connectivity index (χ2v) is 5.23. The molecule has 0 radical (unpaired) electrons. The Morgan fingerprint density at radius 3 is 2.24 bits per heavy atom. The number of hydrogen-bond acceptors (Lipinski definition) is 2. The molecular weight excluding hydrogens is 277 g/mol. The first-order chi connectivity index (χ1) is 9.83. The van der Waals surface area contributed by atoms with E-state index < -0.39 is 11.7 Å². The zero-order valence-electron chi connectivity index (χ0n) is 13.2. The minimum Gasteiger partial charge on any atom is -0.313 e. The van der Waals surface area contributed by atoms with Crippen molar-refractivity contribution in [3.05, 3.63) is 34.9 Å². The molecule has 0 saturated carbocycles. The molecule has 1 rings (SSSR count). The molecule has 1 atom stereocenters. The van der Waals surface area contributed by atoms with Gasteiger partial charge >= 0.3 is 6.18 Å². The second kappa shape index (κ2) is 7.80. The van der Waals surface area contributed by atoms with Gasteiger partial charge in [-0.1, -0.05) is 19.9 Å². The summed E-state index contributed by atoms with van der Waals surface area (Å²) >= 11 is 0. The van der Waals surface area contributed by atoms with Gasteiger partial charge in [0.2, 0.25) is 0 Å². The fraction of sp³-hybridized carbons (Fsp3) is 0.625. The van der Waals surface area contributed by atoms with Crippen LogP contribution in [0.5, 0.6) is 0 Å². The molecule has 1 unspecified atom stereocenters. The lowest BCUT2D eigenvalue weighted by molar-refractivity contribution is -0.137. The molecule has 21 heavy (non-hydrogen) atoms. The van der Waals surface area contributed by atoms with Gasteiger partial charge in [0, 0.05) is 6.04 Å². The number of nitrogens with one attached hydrogen (secondary N) is 1. The summed E-state index contributed by atoms with van der Waals surface area (Å²) in [7, 11) is 1.85. The van der Waals surface area contributed by atoms with Gasteiger partial charge in [-0.3, -0.25) is 0 Å². The van der Waals surface area contributed by atoms with E-state index in [9.17, 15) is 13.2 Å². The molecule has 1 aromatic carbocycles. The summed E-state index contributed by atoms with van der Waals surface area (Å²) in [5, 5.41) is 3.21.